The molecule has 0 aliphatic rings. The second-order valence-corrected chi connectivity index (χ2v) is 4.53. The lowest BCUT2D eigenvalue weighted by molar-refractivity contribution is -0.156. The maximum Gasteiger partial charge on any atom is 0.336 e. The first-order valence-corrected chi connectivity index (χ1v) is 6.22. The van der Waals surface area contributed by atoms with Crippen LogP contribution in [-0.2, 0) is 9.53 Å². The highest BCUT2D eigenvalue weighted by atomic mass is 16.7. The molecule has 0 amide bonds. The van der Waals surface area contributed by atoms with Gasteiger partial charge in [-0.1, -0.05) is 18.7 Å². The van der Waals surface area contributed by atoms with E-state index in [1.807, 2.05) is 12.1 Å². The summed E-state index contributed by atoms with van der Waals surface area (Å²) in [6, 6.07) is 10.4. The molecule has 0 bridgehead atoms. The van der Waals surface area contributed by atoms with Gasteiger partial charge in [0.2, 0.25) is 6.29 Å². The van der Waals surface area contributed by atoms with Gasteiger partial charge in [-0.05, 0) is 36.6 Å². The Labute approximate surface area is 117 Å². The number of phenolic OH excluding ortho intramolecular Hbond substituents is 1. The van der Waals surface area contributed by atoms with E-state index < -0.39 is 12.3 Å². The van der Waals surface area contributed by atoms with E-state index in [9.17, 15) is 9.90 Å². The number of aromatic hydroxyl groups is 1. The number of rotatable bonds is 4. The zero-order valence-electron chi connectivity index (χ0n) is 11.4. The van der Waals surface area contributed by atoms with E-state index in [0.717, 1.165) is 10.8 Å². The Kier molecular flexibility index (Phi) is 3.94. The normalized spacial score (nSPS) is 11.9. The van der Waals surface area contributed by atoms with Gasteiger partial charge >= 0.3 is 5.97 Å². The van der Waals surface area contributed by atoms with Crippen LogP contribution in [0.15, 0.2) is 48.6 Å². The van der Waals surface area contributed by atoms with Crippen molar-refractivity contribution in [3.63, 3.8) is 0 Å². The molecule has 0 fully saturated rings. The lowest BCUT2D eigenvalue weighted by Crippen LogP contribution is -2.21. The van der Waals surface area contributed by atoms with Crippen molar-refractivity contribution in [2.45, 2.75) is 20.1 Å². The average Bonchev–Trinajstić information content (AvgIpc) is 2.38. The van der Waals surface area contributed by atoms with Crippen LogP contribution in [0.5, 0.6) is 11.5 Å². The number of carbonyl (C=O) groups is 1. The first-order chi connectivity index (χ1) is 9.47. The zero-order valence-corrected chi connectivity index (χ0v) is 11.4. The van der Waals surface area contributed by atoms with Gasteiger partial charge < -0.3 is 14.6 Å². The number of carbonyl (C=O) groups excluding carboxylic acids is 1. The number of hydrogen-bond acceptors (Lipinski definition) is 4. The van der Waals surface area contributed by atoms with Crippen LogP contribution in [0.4, 0.5) is 0 Å². The molecule has 1 N–H and O–H groups in total. The largest absolute Gasteiger partial charge is 0.508 e. The minimum atomic E-state index is -0.724. The van der Waals surface area contributed by atoms with Crippen LogP contribution in [0.1, 0.15) is 13.8 Å². The lowest BCUT2D eigenvalue weighted by atomic mass is 10.1. The van der Waals surface area contributed by atoms with Gasteiger partial charge in [0.15, 0.2) is 0 Å². The van der Waals surface area contributed by atoms with E-state index in [1.165, 1.54) is 0 Å². The monoisotopic (exact) mass is 272 g/mol. The molecule has 4 nitrogen and oxygen atoms in total. The first kappa shape index (κ1) is 13.9. The Morgan fingerprint density at radius 1 is 1.30 bits per heavy atom. The molecular weight excluding hydrogens is 256 g/mol. The SMILES string of the molecule is C=C(C)C(=O)OC(C)Oc1cccc2cc(O)ccc12. The Balaban J connectivity index is 2.21. The maximum atomic E-state index is 11.4. The van der Waals surface area contributed by atoms with Crippen molar-refractivity contribution in [3.8, 4) is 11.5 Å². The first-order valence-electron chi connectivity index (χ1n) is 6.22. The van der Waals surface area contributed by atoms with Crippen LogP contribution >= 0.6 is 0 Å². The van der Waals surface area contributed by atoms with Crippen molar-refractivity contribution in [1.29, 1.82) is 0 Å². The van der Waals surface area contributed by atoms with Crippen LogP contribution in [-0.4, -0.2) is 17.4 Å². The molecule has 2 aromatic rings. The van der Waals surface area contributed by atoms with Crippen molar-refractivity contribution in [3.05, 3.63) is 48.6 Å². The molecule has 0 saturated heterocycles. The van der Waals surface area contributed by atoms with Gasteiger partial charge in [-0.25, -0.2) is 4.79 Å². The fourth-order valence-corrected chi connectivity index (χ4v) is 1.80. The van der Waals surface area contributed by atoms with Crippen molar-refractivity contribution >= 4 is 16.7 Å². The van der Waals surface area contributed by atoms with Gasteiger partial charge in [0, 0.05) is 17.9 Å². The van der Waals surface area contributed by atoms with Gasteiger partial charge in [0.1, 0.15) is 11.5 Å². The van der Waals surface area contributed by atoms with E-state index in [4.69, 9.17) is 9.47 Å². The van der Waals surface area contributed by atoms with E-state index in [1.54, 1.807) is 38.1 Å². The second kappa shape index (κ2) is 5.65. The van der Waals surface area contributed by atoms with Crippen molar-refractivity contribution in [1.82, 2.24) is 0 Å². The van der Waals surface area contributed by atoms with E-state index >= 15 is 0 Å². The summed E-state index contributed by atoms with van der Waals surface area (Å²) in [5.41, 5.74) is 0.322. The molecule has 0 radical (unpaired) electrons. The van der Waals surface area contributed by atoms with Crippen molar-refractivity contribution in [2.24, 2.45) is 0 Å². The molecule has 4 heteroatoms. The topological polar surface area (TPSA) is 55.8 Å². The van der Waals surface area contributed by atoms with Crippen LogP contribution in [0.3, 0.4) is 0 Å². The number of benzene rings is 2. The van der Waals surface area contributed by atoms with E-state index in [2.05, 4.69) is 6.58 Å². The summed E-state index contributed by atoms with van der Waals surface area (Å²) in [5, 5.41) is 11.1. The minimum Gasteiger partial charge on any atom is -0.508 e. The third-order valence-corrected chi connectivity index (χ3v) is 2.74. The molecule has 1 atom stereocenters. The molecule has 1 unspecified atom stereocenters. The number of hydrogen-bond donors (Lipinski definition) is 1. The third-order valence-electron chi connectivity index (χ3n) is 2.74. The van der Waals surface area contributed by atoms with Crippen LogP contribution in [0.25, 0.3) is 10.8 Å². The predicted molar refractivity (Wildman–Crippen MR) is 76.6 cm³/mol. The molecule has 0 aliphatic carbocycles. The molecule has 0 spiro atoms. The quantitative estimate of drug-likeness (QED) is 0.526. The second-order valence-electron chi connectivity index (χ2n) is 4.53. The van der Waals surface area contributed by atoms with E-state index in [-0.39, 0.29) is 5.75 Å². The van der Waals surface area contributed by atoms with Crippen LogP contribution in [0, 0.1) is 0 Å². The maximum absolute atomic E-state index is 11.4. The molecule has 0 aromatic heterocycles. The molecule has 104 valence electrons. The number of phenols is 1. The van der Waals surface area contributed by atoms with Crippen LogP contribution < -0.4 is 4.74 Å². The predicted octanol–water partition coefficient (Wildman–Crippen LogP) is 3.39. The highest BCUT2D eigenvalue weighted by Crippen LogP contribution is 2.29. The minimum absolute atomic E-state index is 0.191. The standard InChI is InChI=1S/C16H16O4/c1-10(2)16(18)20-11(3)19-15-6-4-5-12-9-13(17)7-8-14(12)15/h4-9,11,17H,1H2,2-3H3. The van der Waals surface area contributed by atoms with E-state index in [0.29, 0.717) is 11.3 Å². The molecule has 2 aromatic carbocycles. The van der Waals surface area contributed by atoms with Gasteiger partial charge in [-0.3, -0.25) is 0 Å². The van der Waals surface area contributed by atoms with Gasteiger partial charge in [0.05, 0.1) is 0 Å². The molecular formula is C16H16O4. The summed E-state index contributed by atoms with van der Waals surface area (Å²) < 4.78 is 10.7. The van der Waals surface area contributed by atoms with Gasteiger partial charge in [-0.2, -0.15) is 0 Å². The molecule has 2 rings (SSSR count). The van der Waals surface area contributed by atoms with Gasteiger partial charge in [0.25, 0.3) is 0 Å². The average molecular weight is 272 g/mol. The molecule has 20 heavy (non-hydrogen) atoms. The fraction of sp³-hybridized carbons (Fsp3) is 0.188. The number of fused-ring (bicyclic) bond motifs is 1. The number of ether oxygens (including phenoxy) is 2. The summed E-state index contributed by atoms with van der Waals surface area (Å²) in [4.78, 5) is 11.4. The van der Waals surface area contributed by atoms with Crippen LogP contribution in [0.2, 0.25) is 0 Å². The number of esters is 1. The summed E-state index contributed by atoms with van der Waals surface area (Å²) in [7, 11) is 0. The van der Waals surface area contributed by atoms with Crippen molar-refractivity contribution < 1.29 is 19.4 Å². The molecule has 0 saturated carbocycles. The highest BCUT2D eigenvalue weighted by Gasteiger charge is 2.12. The van der Waals surface area contributed by atoms with Crippen molar-refractivity contribution in [2.75, 3.05) is 0 Å². The summed E-state index contributed by atoms with van der Waals surface area (Å²) in [6.45, 7) is 6.73. The lowest BCUT2D eigenvalue weighted by Gasteiger charge is -2.16. The Bertz CT molecular complexity index is 661. The molecule has 0 aliphatic heterocycles. The Morgan fingerprint density at radius 2 is 2.05 bits per heavy atom. The molecule has 0 heterocycles. The summed E-state index contributed by atoms with van der Waals surface area (Å²) in [5.74, 6) is 0.288. The summed E-state index contributed by atoms with van der Waals surface area (Å²) >= 11 is 0. The Hall–Kier alpha value is -2.49. The highest BCUT2D eigenvalue weighted by molar-refractivity contribution is 5.89. The fourth-order valence-electron chi connectivity index (χ4n) is 1.80. The third kappa shape index (κ3) is 3.09. The zero-order chi connectivity index (χ0) is 14.7. The Morgan fingerprint density at radius 3 is 2.75 bits per heavy atom. The summed E-state index contributed by atoms with van der Waals surface area (Å²) in [6.07, 6.45) is -0.724. The van der Waals surface area contributed by atoms with Gasteiger partial charge in [-0.15, -0.1) is 0 Å². The smallest absolute Gasteiger partial charge is 0.336 e.